The van der Waals surface area contributed by atoms with Crippen LogP contribution in [0.2, 0.25) is 0 Å². The molecule has 0 fully saturated rings. The summed E-state index contributed by atoms with van der Waals surface area (Å²) in [4.78, 5) is 23.7. The molecule has 0 aliphatic heterocycles. The van der Waals surface area contributed by atoms with Gasteiger partial charge in [0, 0.05) is 5.56 Å². The number of carbonyl (C=O) groups is 2. The van der Waals surface area contributed by atoms with Gasteiger partial charge < -0.3 is 19.5 Å². The first-order chi connectivity index (χ1) is 12.0. The van der Waals surface area contributed by atoms with E-state index in [9.17, 15) is 9.59 Å². The quantitative estimate of drug-likeness (QED) is 0.714. The molecule has 6 nitrogen and oxygen atoms in total. The van der Waals surface area contributed by atoms with E-state index in [1.807, 2.05) is 6.07 Å². The van der Waals surface area contributed by atoms with Crippen molar-refractivity contribution in [2.45, 2.75) is 6.61 Å². The van der Waals surface area contributed by atoms with Gasteiger partial charge in [0.05, 0.1) is 18.7 Å². The minimum absolute atomic E-state index is 0.111. The summed E-state index contributed by atoms with van der Waals surface area (Å²) < 4.78 is 16.1. The van der Waals surface area contributed by atoms with Crippen molar-refractivity contribution in [3.05, 3.63) is 58.1 Å². The van der Waals surface area contributed by atoms with Crippen LogP contribution < -0.4 is 14.8 Å². The molecule has 0 aliphatic rings. The van der Waals surface area contributed by atoms with Gasteiger partial charge in [0.2, 0.25) is 0 Å². The summed E-state index contributed by atoms with van der Waals surface area (Å²) in [5.74, 6) is 0.476. The highest BCUT2D eigenvalue weighted by Gasteiger charge is 2.10. The van der Waals surface area contributed by atoms with Gasteiger partial charge >= 0.3 is 5.97 Å². The molecule has 0 bridgehead atoms. The van der Waals surface area contributed by atoms with Crippen molar-refractivity contribution in [3.8, 4) is 11.5 Å². The van der Waals surface area contributed by atoms with Crippen molar-refractivity contribution >= 4 is 27.8 Å². The Morgan fingerprint density at radius 3 is 2.36 bits per heavy atom. The highest BCUT2D eigenvalue weighted by Crippen LogP contribution is 2.25. The molecule has 0 saturated carbocycles. The van der Waals surface area contributed by atoms with Crippen LogP contribution in [0.4, 0.5) is 0 Å². The lowest BCUT2D eigenvalue weighted by atomic mass is 10.2. The smallest absolute Gasteiger partial charge is 0.325 e. The van der Waals surface area contributed by atoms with Crippen molar-refractivity contribution in [2.75, 3.05) is 20.8 Å². The Kier molecular flexibility index (Phi) is 6.82. The second kappa shape index (κ2) is 9.08. The molecule has 0 heterocycles. The van der Waals surface area contributed by atoms with E-state index in [-0.39, 0.29) is 19.1 Å². The average molecular weight is 408 g/mol. The standard InChI is InChI=1S/C18H18BrNO5/c1-23-14-6-4-13(5-7-14)18(22)20-10-17(21)25-11-12-3-8-16(24-2)15(19)9-12/h3-9H,10-11H2,1-2H3,(H,20,22). The van der Waals surface area contributed by atoms with Crippen LogP contribution in [0.25, 0.3) is 0 Å². The van der Waals surface area contributed by atoms with Crippen LogP contribution in [0.1, 0.15) is 15.9 Å². The Labute approximate surface area is 154 Å². The summed E-state index contributed by atoms with van der Waals surface area (Å²) in [5, 5.41) is 2.52. The molecular weight excluding hydrogens is 390 g/mol. The zero-order chi connectivity index (χ0) is 18.2. The largest absolute Gasteiger partial charge is 0.497 e. The minimum atomic E-state index is -0.520. The van der Waals surface area contributed by atoms with Gasteiger partial charge in [-0.3, -0.25) is 9.59 Å². The first-order valence-corrected chi connectivity index (χ1v) is 8.23. The molecule has 0 atom stereocenters. The van der Waals surface area contributed by atoms with Gasteiger partial charge in [0.1, 0.15) is 24.7 Å². The average Bonchev–Trinajstić information content (AvgIpc) is 2.64. The molecule has 132 valence electrons. The third-order valence-electron chi connectivity index (χ3n) is 3.36. The molecule has 0 radical (unpaired) electrons. The summed E-state index contributed by atoms with van der Waals surface area (Å²) in [5.41, 5.74) is 1.25. The summed E-state index contributed by atoms with van der Waals surface area (Å²) >= 11 is 3.37. The summed E-state index contributed by atoms with van der Waals surface area (Å²) in [6, 6.07) is 12.0. The molecule has 0 aromatic heterocycles. The first kappa shape index (κ1) is 18.8. The number of nitrogens with one attached hydrogen (secondary N) is 1. The van der Waals surface area contributed by atoms with Gasteiger partial charge in [-0.1, -0.05) is 6.07 Å². The minimum Gasteiger partial charge on any atom is -0.497 e. The molecule has 1 N–H and O–H groups in total. The molecule has 25 heavy (non-hydrogen) atoms. The topological polar surface area (TPSA) is 73.9 Å². The number of halogens is 1. The lowest BCUT2D eigenvalue weighted by Crippen LogP contribution is -2.30. The van der Waals surface area contributed by atoms with E-state index in [4.69, 9.17) is 14.2 Å². The maximum absolute atomic E-state index is 12.0. The van der Waals surface area contributed by atoms with E-state index >= 15 is 0 Å². The number of ether oxygens (including phenoxy) is 3. The number of amides is 1. The summed E-state index contributed by atoms with van der Waals surface area (Å²) in [7, 11) is 3.12. The van der Waals surface area contributed by atoms with E-state index in [1.165, 1.54) is 0 Å². The van der Waals surface area contributed by atoms with Gasteiger partial charge in [0.15, 0.2) is 0 Å². The van der Waals surface area contributed by atoms with E-state index < -0.39 is 5.97 Å². The van der Waals surface area contributed by atoms with Crippen molar-refractivity contribution < 1.29 is 23.8 Å². The van der Waals surface area contributed by atoms with Gasteiger partial charge in [-0.2, -0.15) is 0 Å². The second-order valence-corrected chi connectivity index (χ2v) is 5.90. The molecule has 0 spiro atoms. The molecule has 0 aliphatic carbocycles. The van der Waals surface area contributed by atoms with Crippen molar-refractivity contribution in [3.63, 3.8) is 0 Å². The number of benzene rings is 2. The Hall–Kier alpha value is -2.54. The van der Waals surface area contributed by atoms with E-state index in [1.54, 1.807) is 50.6 Å². The molecule has 2 aromatic rings. The van der Waals surface area contributed by atoms with Crippen LogP contribution in [0.3, 0.4) is 0 Å². The van der Waals surface area contributed by atoms with Gasteiger partial charge in [-0.05, 0) is 57.9 Å². The Balaban J connectivity index is 1.80. The van der Waals surface area contributed by atoms with Crippen LogP contribution in [-0.2, 0) is 16.1 Å². The van der Waals surface area contributed by atoms with Crippen molar-refractivity contribution in [2.24, 2.45) is 0 Å². The van der Waals surface area contributed by atoms with Gasteiger partial charge in [0.25, 0.3) is 5.91 Å². The zero-order valence-electron chi connectivity index (χ0n) is 13.9. The molecule has 0 saturated heterocycles. The van der Waals surface area contributed by atoms with Crippen LogP contribution in [0.5, 0.6) is 11.5 Å². The number of carbonyl (C=O) groups excluding carboxylic acids is 2. The number of esters is 1. The predicted octanol–water partition coefficient (Wildman–Crippen LogP) is 2.94. The van der Waals surface area contributed by atoms with E-state index in [0.29, 0.717) is 17.1 Å². The predicted molar refractivity (Wildman–Crippen MR) is 95.8 cm³/mol. The third kappa shape index (κ3) is 5.49. The number of hydrogen-bond acceptors (Lipinski definition) is 5. The van der Waals surface area contributed by atoms with Crippen LogP contribution in [-0.4, -0.2) is 32.6 Å². The molecule has 2 rings (SSSR count). The number of hydrogen-bond donors (Lipinski definition) is 1. The molecule has 1 amide bonds. The van der Waals surface area contributed by atoms with E-state index in [0.717, 1.165) is 10.0 Å². The number of rotatable bonds is 7. The Morgan fingerprint density at radius 1 is 1.04 bits per heavy atom. The Bertz CT molecular complexity index is 746. The van der Waals surface area contributed by atoms with Gasteiger partial charge in [-0.15, -0.1) is 0 Å². The fraction of sp³-hybridized carbons (Fsp3) is 0.222. The molecule has 2 aromatic carbocycles. The zero-order valence-corrected chi connectivity index (χ0v) is 15.5. The molecular formula is C18H18BrNO5. The lowest BCUT2D eigenvalue weighted by molar-refractivity contribution is -0.143. The van der Waals surface area contributed by atoms with E-state index in [2.05, 4.69) is 21.2 Å². The van der Waals surface area contributed by atoms with Crippen molar-refractivity contribution in [1.29, 1.82) is 0 Å². The van der Waals surface area contributed by atoms with Crippen LogP contribution in [0, 0.1) is 0 Å². The normalized spacial score (nSPS) is 10.0. The second-order valence-electron chi connectivity index (χ2n) is 5.04. The lowest BCUT2D eigenvalue weighted by Gasteiger charge is -2.09. The molecule has 7 heteroatoms. The summed E-state index contributed by atoms with van der Waals surface area (Å²) in [6.45, 7) is -0.0952. The maximum atomic E-state index is 12.0. The third-order valence-corrected chi connectivity index (χ3v) is 3.98. The van der Waals surface area contributed by atoms with Crippen LogP contribution >= 0.6 is 15.9 Å². The maximum Gasteiger partial charge on any atom is 0.325 e. The first-order valence-electron chi connectivity index (χ1n) is 7.43. The highest BCUT2D eigenvalue weighted by atomic mass is 79.9. The van der Waals surface area contributed by atoms with Crippen molar-refractivity contribution in [1.82, 2.24) is 5.32 Å². The fourth-order valence-corrected chi connectivity index (χ4v) is 2.60. The highest BCUT2D eigenvalue weighted by molar-refractivity contribution is 9.10. The molecule has 0 unspecified atom stereocenters. The van der Waals surface area contributed by atoms with Crippen LogP contribution in [0.15, 0.2) is 46.9 Å². The number of methoxy groups -OCH3 is 2. The van der Waals surface area contributed by atoms with Gasteiger partial charge in [-0.25, -0.2) is 0 Å². The fourth-order valence-electron chi connectivity index (χ4n) is 2.01. The summed E-state index contributed by atoms with van der Waals surface area (Å²) in [6.07, 6.45) is 0. The SMILES string of the molecule is COc1ccc(C(=O)NCC(=O)OCc2ccc(OC)c(Br)c2)cc1. The Morgan fingerprint density at radius 2 is 1.76 bits per heavy atom. The monoisotopic (exact) mass is 407 g/mol.